The van der Waals surface area contributed by atoms with Crippen molar-refractivity contribution in [3.8, 4) is 0 Å². The minimum atomic E-state index is -3.74. The molecule has 27 heavy (non-hydrogen) atoms. The summed E-state index contributed by atoms with van der Waals surface area (Å²) in [5.41, 5.74) is 0.284. The molecule has 0 saturated carbocycles. The Bertz CT molecular complexity index is 1080. The standard InChI is InChI=1S/C19H16ClINO3PS/c1-26(24,25)18(16-11-27-17-6-5-13(20)10-15(16)17)19(23)22-8-7-12-3-2-4-14(21)9-12/h2-11,18H,1H3,(H,22,23)(H,24,25)/b8-7+/i21-4. The summed E-state index contributed by atoms with van der Waals surface area (Å²) in [6, 6.07) is 13.1. The monoisotopic (exact) mass is 527 g/mol. The van der Waals surface area contributed by atoms with E-state index in [1.165, 1.54) is 24.2 Å². The molecule has 2 N–H and O–H groups in total. The van der Waals surface area contributed by atoms with Crippen molar-refractivity contribution in [3.05, 3.63) is 73.8 Å². The summed E-state index contributed by atoms with van der Waals surface area (Å²) >= 11 is 9.70. The van der Waals surface area contributed by atoms with E-state index >= 15 is 0 Å². The van der Waals surface area contributed by atoms with Gasteiger partial charge in [0.2, 0.25) is 13.3 Å². The van der Waals surface area contributed by atoms with Crippen LogP contribution < -0.4 is 5.32 Å². The first-order chi connectivity index (χ1) is 12.8. The van der Waals surface area contributed by atoms with Gasteiger partial charge in [0.1, 0.15) is 5.66 Å². The van der Waals surface area contributed by atoms with Crippen molar-refractivity contribution in [3.63, 3.8) is 0 Å². The first-order valence-corrected chi connectivity index (χ1v) is 12.5. The number of nitrogens with one attached hydrogen (secondary N) is 1. The van der Waals surface area contributed by atoms with Crippen molar-refractivity contribution in [1.82, 2.24) is 5.32 Å². The summed E-state index contributed by atoms with van der Waals surface area (Å²) in [7, 11) is -3.74. The van der Waals surface area contributed by atoms with Crippen LogP contribution in [-0.2, 0) is 9.36 Å². The number of carbonyl (C=O) groups excluding carboxylic acids is 1. The lowest BCUT2D eigenvalue weighted by molar-refractivity contribution is -0.120. The van der Waals surface area contributed by atoms with Crippen LogP contribution in [0.25, 0.3) is 16.2 Å². The maximum Gasteiger partial charge on any atom is 0.241 e. The molecule has 3 rings (SSSR count). The number of benzene rings is 2. The topological polar surface area (TPSA) is 66.4 Å². The van der Waals surface area contributed by atoms with Gasteiger partial charge in [0.15, 0.2) is 0 Å². The summed E-state index contributed by atoms with van der Waals surface area (Å²) in [4.78, 5) is 23.0. The summed E-state index contributed by atoms with van der Waals surface area (Å²) in [6.45, 7) is 1.20. The van der Waals surface area contributed by atoms with Crippen molar-refractivity contribution in [2.24, 2.45) is 0 Å². The quantitative estimate of drug-likeness (QED) is 0.321. The highest BCUT2D eigenvalue weighted by molar-refractivity contribution is 14.1. The smallest absolute Gasteiger partial charge is 0.241 e. The highest BCUT2D eigenvalue weighted by Crippen LogP contribution is 2.54. The number of hydrogen-bond donors (Lipinski definition) is 2. The zero-order chi connectivity index (χ0) is 19.6. The second-order valence-electron chi connectivity index (χ2n) is 6.07. The van der Waals surface area contributed by atoms with E-state index in [0.717, 1.165) is 19.2 Å². The van der Waals surface area contributed by atoms with Crippen LogP contribution in [0.3, 0.4) is 0 Å². The molecule has 0 bridgehead atoms. The second kappa shape index (κ2) is 8.45. The van der Waals surface area contributed by atoms with E-state index in [-0.39, 0.29) is 0 Å². The predicted octanol–water partition coefficient (Wildman–Crippen LogP) is 5.89. The number of amides is 1. The van der Waals surface area contributed by atoms with Gasteiger partial charge in [-0.25, -0.2) is 0 Å². The molecular formula is C19H16ClINO3PS. The Hall–Kier alpha value is -1.18. The molecule has 8 heteroatoms. The SMILES string of the molecule is CP(=O)(O)C(C(=O)N/C=C/c1cccc([123I])c1)c1csc2ccc(Cl)cc12. The fraction of sp³-hybridized carbons (Fsp3) is 0.105. The number of carbonyl (C=O) groups is 1. The van der Waals surface area contributed by atoms with Crippen LogP contribution in [0.5, 0.6) is 0 Å². The molecule has 0 aliphatic carbocycles. The minimum absolute atomic E-state index is 0.517. The van der Waals surface area contributed by atoms with E-state index in [1.807, 2.05) is 30.3 Å². The van der Waals surface area contributed by atoms with Gasteiger partial charge < -0.3 is 10.2 Å². The van der Waals surface area contributed by atoms with E-state index in [9.17, 15) is 14.3 Å². The van der Waals surface area contributed by atoms with Crippen LogP contribution >= 0.6 is 52.9 Å². The van der Waals surface area contributed by atoms with E-state index in [1.54, 1.807) is 23.6 Å². The molecule has 0 saturated heterocycles. The van der Waals surface area contributed by atoms with Gasteiger partial charge in [0.25, 0.3) is 0 Å². The zero-order valence-corrected chi connectivity index (χ0v) is 18.9. The van der Waals surface area contributed by atoms with Gasteiger partial charge in [-0.05, 0) is 80.9 Å². The number of hydrogen-bond acceptors (Lipinski definition) is 3. The molecule has 0 spiro atoms. The normalized spacial score (nSPS) is 15.0. The van der Waals surface area contributed by atoms with E-state index < -0.39 is 18.9 Å². The Labute approximate surface area is 179 Å². The molecule has 2 atom stereocenters. The van der Waals surface area contributed by atoms with E-state index in [0.29, 0.717) is 10.6 Å². The van der Waals surface area contributed by atoms with Crippen molar-refractivity contribution in [2.75, 3.05) is 6.66 Å². The first-order valence-electron chi connectivity index (χ1n) is 7.95. The molecule has 0 radical (unpaired) electrons. The molecule has 1 amide bonds. The lowest BCUT2D eigenvalue weighted by Gasteiger charge is -2.18. The number of thiophene rings is 1. The Morgan fingerprint density at radius 3 is 2.81 bits per heavy atom. The fourth-order valence-electron chi connectivity index (χ4n) is 2.76. The Morgan fingerprint density at radius 2 is 2.11 bits per heavy atom. The third kappa shape index (κ3) is 5.00. The van der Waals surface area contributed by atoms with Gasteiger partial charge in [-0.3, -0.25) is 9.36 Å². The Balaban J connectivity index is 1.89. The summed E-state index contributed by atoms with van der Waals surface area (Å²) in [5.74, 6) is -0.523. The van der Waals surface area contributed by atoms with Crippen LogP contribution in [0.1, 0.15) is 16.8 Å². The van der Waals surface area contributed by atoms with Crippen LogP contribution in [0.15, 0.2) is 54.0 Å². The van der Waals surface area contributed by atoms with Gasteiger partial charge in [0.05, 0.1) is 0 Å². The molecule has 0 fully saturated rings. The molecule has 1 aromatic heterocycles. The average Bonchev–Trinajstić information content (AvgIpc) is 2.96. The highest BCUT2D eigenvalue weighted by Gasteiger charge is 2.36. The van der Waals surface area contributed by atoms with E-state index in [4.69, 9.17) is 11.6 Å². The molecule has 3 aromatic rings. The lowest BCUT2D eigenvalue weighted by Crippen LogP contribution is -2.25. The molecule has 2 unspecified atom stereocenters. The number of rotatable bonds is 5. The number of fused-ring (bicyclic) bond motifs is 1. The summed E-state index contributed by atoms with van der Waals surface area (Å²) in [5, 5.41) is 5.64. The van der Waals surface area contributed by atoms with Crippen LogP contribution in [0, 0.1) is 3.57 Å². The molecular weight excluding hydrogens is 512 g/mol. The van der Waals surface area contributed by atoms with Gasteiger partial charge in [-0.15, -0.1) is 11.3 Å². The zero-order valence-electron chi connectivity index (χ0n) is 14.2. The first kappa shape index (κ1) is 20.6. The Kier molecular flexibility index (Phi) is 6.43. The number of halogens is 2. The van der Waals surface area contributed by atoms with Crippen molar-refractivity contribution in [2.45, 2.75) is 5.66 Å². The molecule has 0 aliphatic rings. The van der Waals surface area contributed by atoms with Gasteiger partial charge in [-0.2, -0.15) is 0 Å². The minimum Gasteiger partial charge on any atom is -0.344 e. The van der Waals surface area contributed by atoms with E-state index in [2.05, 4.69) is 27.9 Å². The van der Waals surface area contributed by atoms with Crippen molar-refractivity contribution < 1.29 is 14.3 Å². The fourth-order valence-corrected chi connectivity index (χ4v) is 5.81. The molecule has 140 valence electrons. The van der Waals surface area contributed by atoms with Crippen LogP contribution in [-0.4, -0.2) is 17.5 Å². The summed E-state index contributed by atoms with van der Waals surface area (Å²) < 4.78 is 14.5. The van der Waals surface area contributed by atoms with Crippen molar-refractivity contribution >= 4 is 75.0 Å². The summed E-state index contributed by atoms with van der Waals surface area (Å²) in [6.07, 6.45) is 3.25. The Morgan fingerprint density at radius 1 is 1.33 bits per heavy atom. The molecule has 1 heterocycles. The molecule has 2 aromatic carbocycles. The third-order valence-electron chi connectivity index (χ3n) is 3.94. The maximum atomic E-state index is 12.7. The maximum absolute atomic E-state index is 12.7. The lowest BCUT2D eigenvalue weighted by atomic mass is 10.1. The third-order valence-corrected chi connectivity index (χ3v) is 7.30. The van der Waals surface area contributed by atoms with Gasteiger partial charge in [-0.1, -0.05) is 23.7 Å². The average molecular weight is 528 g/mol. The van der Waals surface area contributed by atoms with Crippen molar-refractivity contribution in [1.29, 1.82) is 0 Å². The molecule has 4 nitrogen and oxygen atoms in total. The van der Waals surface area contributed by atoms with Gasteiger partial charge in [0, 0.05) is 26.2 Å². The van der Waals surface area contributed by atoms with Crippen LogP contribution in [0.2, 0.25) is 5.02 Å². The second-order valence-corrected chi connectivity index (χ2v) is 11.1. The molecule has 0 aliphatic heterocycles. The van der Waals surface area contributed by atoms with Crippen LogP contribution in [0.4, 0.5) is 0 Å². The highest BCUT2D eigenvalue weighted by atomic mass is 123. The van der Waals surface area contributed by atoms with Gasteiger partial charge >= 0.3 is 0 Å². The largest absolute Gasteiger partial charge is 0.344 e. The predicted molar refractivity (Wildman–Crippen MR) is 122 cm³/mol.